The van der Waals surface area contributed by atoms with E-state index in [9.17, 15) is 0 Å². The highest BCUT2D eigenvalue weighted by molar-refractivity contribution is 6.99. The molecular formula is C35H36BNO3. The van der Waals surface area contributed by atoms with Gasteiger partial charge in [0.25, 0.3) is 6.71 Å². The molecule has 0 saturated heterocycles. The zero-order chi connectivity index (χ0) is 28.4. The lowest BCUT2D eigenvalue weighted by atomic mass is 9.33. The lowest BCUT2D eigenvalue weighted by Crippen LogP contribution is -2.60. The van der Waals surface area contributed by atoms with Gasteiger partial charge in [-0.3, -0.25) is 0 Å². The first-order valence-electron chi connectivity index (χ1n) is 14.2. The van der Waals surface area contributed by atoms with Crippen LogP contribution in [0.3, 0.4) is 0 Å². The molecule has 0 saturated carbocycles. The molecule has 40 heavy (non-hydrogen) atoms. The van der Waals surface area contributed by atoms with Crippen LogP contribution in [0.1, 0.15) is 79.0 Å². The molecule has 0 fully saturated rings. The Labute approximate surface area is 237 Å². The maximum Gasteiger partial charge on any atom is 0.270 e. The van der Waals surface area contributed by atoms with Crippen LogP contribution in [-0.2, 0) is 16.2 Å². The van der Waals surface area contributed by atoms with Crippen LogP contribution in [0.4, 0.5) is 0 Å². The van der Waals surface area contributed by atoms with Crippen molar-refractivity contribution in [3.63, 3.8) is 0 Å². The SMILES string of the molecule is CC(C)(C)c1cccc(-c2ncc3c4c2Oc2cc(C(C)(C)C)cc5c2B4c2c(cc(C(C)(C)C)cc2O3)O5)c1. The van der Waals surface area contributed by atoms with E-state index in [0.717, 1.165) is 62.1 Å². The third kappa shape index (κ3) is 3.70. The van der Waals surface area contributed by atoms with Crippen LogP contribution in [0.15, 0.2) is 54.7 Å². The topological polar surface area (TPSA) is 40.6 Å². The highest BCUT2D eigenvalue weighted by Crippen LogP contribution is 2.47. The average Bonchev–Trinajstić information content (AvgIpc) is 2.87. The number of aromatic nitrogens is 1. The van der Waals surface area contributed by atoms with Crippen LogP contribution in [0, 0.1) is 0 Å². The van der Waals surface area contributed by atoms with Gasteiger partial charge in [-0.2, -0.15) is 0 Å². The summed E-state index contributed by atoms with van der Waals surface area (Å²) in [4.78, 5) is 4.97. The fraction of sp³-hybridized carbons (Fsp3) is 0.343. The quantitative estimate of drug-likeness (QED) is 0.207. The monoisotopic (exact) mass is 529 g/mol. The molecule has 202 valence electrons. The van der Waals surface area contributed by atoms with Crippen molar-refractivity contribution in [2.75, 3.05) is 0 Å². The van der Waals surface area contributed by atoms with Gasteiger partial charge in [0.2, 0.25) is 0 Å². The maximum absolute atomic E-state index is 6.85. The molecule has 5 heteroatoms. The van der Waals surface area contributed by atoms with Crippen LogP contribution in [0.2, 0.25) is 0 Å². The number of benzene rings is 3. The molecule has 4 aromatic rings. The van der Waals surface area contributed by atoms with Gasteiger partial charge in [-0.25, -0.2) is 4.98 Å². The van der Waals surface area contributed by atoms with Crippen LogP contribution >= 0.6 is 0 Å². The van der Waals surface area contributed by atoms with Gasteiger partial charge in [-0.1, -0.05) is 80.5 Å². The first-order chi connectivity index (χ1) is 18.7. The van der Waals surface area contributed by atoms with Gasteiger partial charge in [0.1, 0.15) is 34.4 Å². The first-order valence-corrected chi connectivity index (χ1v) is 14.2. The number of ether oxygens (including phenoxy) is 3. The van der Waals surface area contributed by atoms with E-state index in [0.29, 0.717) is 0 Å². The van der Waals surface area contributed by atoms with Crippen molar-refractivity contribution in [2.45, 2.75) is 78.6 Å². The summed E-state index contributed by atoms with van der Waals surface area (Å²) in [5.74, 6) is 4.93. The van der Waals surface area contributed by atoms with E-state index in [1.165, 1.54) is 16.7 Å². The number of hydrogen-bond acceptors (Lipinski definition) is 4. The summed E-state index contributed by atoms with van der Waals surface area (Å²) < 4.78 is 20.2. The molecule has 0 radical (unpaired) electrons. The van der Waals surface area contributed by atoms with Crippen molar-refractivity contribution < 1.29 is 14.2 Å². The third-order valence-corrected chi connectivity index (χ3v) is 8.50. The molecule has 0 amide bonds. The van der Waals surface area contributed by atoms with Crippen molar-refractivity contribution in [3.05, 3.63) is 71.4 Å². The summed E-state index contributed by atoms with van der Waals surface area (Å²) >= 11 is 0. The molecule has 0 bridgehead atoms. The second-order valence-electron chi connectivity index (χ2n) is 14.6. The Morgan fingerprint density at radius 2 is 1.05 bits per heavy atom. The van der Waals surface area contributed by atoms with Crippen molar-refractivity contribution in [1.29, 1.82) is 0 Å². The smallest absolute Gasteiger partial charge is 0.270 e. The summed E-state index contributed by atoms with van der Waals surface area (Å²) in [6, 6.07) is 17.4. The molecule has 4 heterocycles. The second-order valence-corrected chi connectivity index (χ2v) is 14.6. The van der Waals surface area contributed by atoms with Crippen molar-refractivity contribution in [2.24, 2.45) is 0 Å². The molecule has 0 unspecified atom stereocenters. The summed E-state index contributed by atoms with van der Waals surface area (Å²) in [6.07, 6.45) is 1.87. The van der Waals surface area contributed by atoms with Gasteiger partial charge in [0.15, 0.2) is 5.75 Å². The maximum atomic E-state index is 6.85. The number of hydrogen-bond donors (Lipinski definition) is 0. The van der Waals surface area contributed by atoms with E-state index < -0.39 is 0 Å². The minimum Gasteiger partial charge on any atom is -0.458 e. The Kier molecular flexibility index (Phi) is 5.01. The minimum absolute atomic E-state index is 0.0217. The normalized spacial score (nSPS) is 14.7. The molecule has 0 aliphatic carbocycles. The lowest BCUT2D eigenvalue weighted by molar-refractivity contribution is 0.434. The van der Waals surface area contributed by atoms with Gasteiger partial charge in [-0.05, 0) is 63.3 Å². The summed E-state index contributed by atoms with van der Waals surface area (Å²) in [7, 11) is 0. The van der Waals surface area contributed by atoms with E-state index in [2.05, 4.69) is 111 Å². The third-order valence-electron chi connectivity index (χ3n) is 8.50. The first kappa shape index (κ1) is 25.3. The lowest BCUT2D eigenvalue weighted by Gasteiger charge is -2.39. The van der Waals surface area contributed by atoms with Crippen molar-refractivity contribution >= 4 is 23.1 Å². The molecule has 7 rings (SSSR count). The molecular weight excluding hydrogens is 493 g/mol. The fourth-order valence-corrected chi connectivity index (χ4v) is 6.04. The van der Waals surface area contributed by atoms with E-state index in [1.54, 1.807) is 0 Å². The van der Waals surface area contributed by atoms with Crippen molar-refractivity contribution in [1.82, 2.24) is 4.98 Å². The van der Waals surface area contributed by atoms with Crippen LogP contribution in [0.5, 0.6) is 34.5 Å². The van der Waals surface area contributed by atoms with E-state index in [4.69, 9.17) is 19.2 Å². The fourth-order valence-electron chi connectivity index (χ4n) is 6.04. The van der Waals surface area contributed by atoms with E-state index >= 15 is 0 Å². The molecule has 4 nitrogen and oxygen atoms in total. The van der Waals surface area contributed by atoms with Crippen molar-refractivity contribution in [3.8, 4) is 45.8 Å². The number of pyridine rings is 1. The predicted octanol–water partition coefficient (Wildman–Crippen LogP) is 7.47. The number of rotatable bonds is 1. The van der Waals surface area contributed by atoms with Crippen LogP contribution in [-0.4, -0.2) is 11.7 Å². The Morgan fingerprint density at radius 1 is 0.550 bits per heavy atom. The molecule has 3 aliphatic heterocycles. The molecule has 1 aromatic heterocycles. The van der Waals surface area contributed by atoms with E-state index in [1.807, 2.05) is 6.20 Å². The summed E-state index contributed by atoms with van der Waals surface area (Å²) in [6.45, 7) is 20.0. The zero-order valence-electron chi connectivity index (χ0n) is 24.9. The molecule has 0 atom stereocenters. The molecule has 3 aromatic carbocycles. The van der Waals surface area contributed by atoms with Gasteiger partial charge >= 0.3 is 0 Å². The highest BCUT2D eigenvalue weighted by Gasteiger charge is 2.48. The average molecular weight is 529 g/mol. The Morgan fingerprint density at radius 3 is 1.57 bits per heavy atom. The second kappa shape index (κ2) is 7.93. The molecule has 0 N–H and O–H groups in total. The van der Waals surface area contributed by atoms with Crippen LogP contribution in [0.25, 0.3) is 11.3 Å². The van der Waals surface area contributed by atoms with Gasteiger partial charge in [-0.15, -0.1) is 0 Å². The standard InChI is InChI=1S/C35H36BNO3/c1-33(2,3)20-12-10-11-19(13-20)31-32-30-27(18-37-31)39-25-16-21(34(4,5)6)14-23-28(25)36(30)29-24(38-23)15-22(35(7,8)9)17-26(29)40-32/h10-18H,1-9H3. The number of nitrogens with zero attached hydrogens (tertiary/aromatic N) is 1. The van der Waals surface area contributed by atoms with Gasteiger partial charge in [0, 0.05) is 22.0 Å². The summed E-state index contributed by atoms with van der Waals surface area (Å²) in [5, 5.41) is 0. The predicted molar refractivity (Wildman–Crippen MR) is 164 cm³/mol. The Hall–Kier alpha value is -3.73. The van der Waals surface area contributed by atoms with Gasteiger partial charge < -0.3 is 14.2 Å². The summed E-state index contributed by atoms with van der Waals surface area (Å²) in [5.41, 5.74) is 8.56. The minimum atomic E-state index is -0.0726. The highest BCUT2D eigenvalue weighted by atomic mass is 16.5. The Bertz CT molecular complexity index is 1720. The Balaban J connectivity index is 1.52. The van der Waals surface area contributed by atoms with Crippen LogP contribution < -0.4 is 30.6 Å². The zero-order valence-corrected chi connectivity index (χ0v) is 24.9. The largest absolute Gasteiger partial charge is 0.458 e. The van der Waals surface area contributed by atoms with E-state index in [-0.39, 0.29) is 23.0 Å². The van der Waals surface area contributed by atoms with Gasteiger partial charge in [0.05, 0.1) is 6.20 Å². The molecule has 0 spiro atoms. The molecule has 3 aliphatic rings.